The first-order valence-electron chi connectivity index (χ1n) is 12.3. The molecule has 0 aromatic heterocycles. The Hall–Kier alpha value is -2.27. The van der Waals surface area contributed by atoms with Crippen molar-refractivity contribution in [3.63, 3.8) is 0 Å². The summed E-state index contributed by atoms with van der Waals surface area (Å²) in [6.07, 6.45) is 2.56. The molecular weight excluding hydrogens is 440 g/mol. The lowest BCUT2D eigenvalue weighted by molar-refractivity contribution is -0.130. The average Bonchev–Trinajstić information content (AvgIpc) is 2.87. The van der Waals surface area contributed by atoms with E-state index in [1.54, 1.807) is 11.8 Å². The number of ether oxygens (including phenoxy) is 2. The van der Waals surface area contributed by atoms with Crippen molar-refractivity contribution >= 4 is 11.8 Å². The first kappa shape index (κ1) is 23.5. The largest absolute Gasteiger partial charge is 0.489 e. The zero-order valence-electron chi connectivity index (χ0n) is 20.2. The molecule has 34 heavy (non-hydrogen) atoms. The monoisotopic (exact) mass is 474 g/mol. The third-order valence-corrected chi connectivity index (χ3v) is 9.19. The molecule has 0 spiro atoms. The van der Waals surface area contributed by atoms with Crippen LogP contribution in [-0.4, -0.2) is 15.3 Å². The van der Waals surface area contributed by atoms with Gasteiger partial charge >= 0.3 is 0 Å². The van der Waals surface area contributed by atoms with Gasteiger partial charge in [-0.2, -0.15) is 0 Å². The highest BCUT2D eigenvalue weighted by molar-refractivity contribution is 8.01. The maximum atomic E-state index is 11.9. The standard InChI is InChI=1S/C30H34O3S/c1-4-30(31,22-14-9-6-10-15-22)28-33-27-24-16-11-17-26(32-20-21-12-7-5-8-13-21)23(24)18-19-25(27)29(2,3)34-28/h5-17,25,27-28,31H,4,18-20H2,1-3H3/t25-,27+,28-,30-/m1/s1. The molecule has 1 aliphatic heterocycles. The second-order valence-corrected chi connectivity index (χ2v) is 11.7. The average molecular weight is 475 g/mol. The van der Waals surface area contributed by atoms with Crippen molar-refractivity contribution < 1.29 is 14.6 Å². The van der Waals surface area contributed by atoms with E-state index in [0.717, 1.165) is 29.7 Å². The molecule has 1 N–H and O–H groups in total. The van der Waals surface area contributed by atoms with Gasteiger partial charge in [0.25, 0.3) is 0 Å². The second-order valence-electron chi connectivity index (χ2n) is 10.00. The molecule has 0 saturated carbocycles. The molecule has 3 nitrogen and oxygen atoms in total. The summed E-state index contributed by atoms with van der Waals surface area (Å²) in [7, 11) is 0. The molecule has 3 aromatic carbocycles. The lowest BCUT2D eigenvalue weighted by atomic mass is 9.75. The maximum absolute atomic E-state index is 11.9. The SMILES string of the molecule is CC[C@@](O)(c1ccccc1)[C@@H]1O[C@H]2c3cccc(OCc4ccccc4)c3CC[C@H]2C(C)(C)S1. The van der Waals surface area contributed by atoms with Crippen molar-refractivity contribution in [2.75, 3.05) is 0 Å². The van der Waals surface area contributed by atoms with Crippen molar-refractivity contribution in [2.24, 2.45) is 5.92 Å². The van der Waals surface area contributed by atoms with Gasteiger partial charge in [-0.15, -0.1) is 11.8 Å². The second kappa shape index (κ2) is 9.41. The number of benzene rings is 3. The fraction of sp³-hybridized carbons (Fsp3) is 0.400. The minimum absolute atomic E-state index is 0.0237. The smallest absolute Gasteiger partial charge is 0.137 e. The van der Waals surface area contributed by atoms with Gasteiger partial charge in [0.2, 0.25) is 0 Å². The fourth-order valence-corrected chi connectivity index (χ4v) is 7.14. The van der Waals surface area contributed by atoms with E-state index in [9.17, 15) is 5.11 Å². The Labute approximate surface area is 207 Å². The highest BCUT2D eigenvalue weighted by atomic mass is 32.2. The summed E-state index contributed by atoms with van der Waals surface area (Å²) in [5, 5.41) is 11.9. The summed E-state index contributed by atoms with van der Waals surface area (Å²) in [4.78, 5) is 0. The van der Waals surface area contributed by atoms with E-state index in [1.165, 1.54) is 11.1 Å². The molecule has 0 bridgehead atoms. The van der Waals surface area contributed by atoms with E-state index in [1.807, 2.05) is 55.5 Å². The maximum Gasteiger partial charge on any atom is 0.137 e. The van der Waals surface area contributed by atoms with Gasteiger partial charge in [0.05, 0.1) is 6.10 Å². The number of hydrogen-bond donors (Lipinski definition) is 1. The van der Waals surface area contributed by atoms with Crippen LogP contribution in [0, 0.1) is 5.92 Å². The van der Waals surface area contributed by atoms with Crippen LogP contribution in [0.5, 0.6) is 5.75 Å². The summed E-state index contributed by atoms with van der Waals surface area (Å²) >= 11 is 1.78. The van der Waals surface area contributed by atoms with Crippen molar-refractivity contribution in [3.05, 3.63) is 101 Å². The third-order valence-electron chi connectivity index (χ3n) is 7.56. The van der Waals surface area contributed by atoms with Gasteiger partial charge in [0.1, 0.15) is 23.4 Å². The number of aliphatic hydroxyl groups is 1. The van der Waals surface area contributed by atoms with Crippen LogP contribution in [0.25, 0.3) is 0 Å². The van der Waals surface area contributed by atoms with E-state index in [2.05, 4.69) is 44.2 Å². The molecule has 0 unspecified atom stereocenters. The number of hydrogen-bond acceptors (Lipinski definition) is 4. The summed E-state index contributed by atoms with van der Waals surface area (Å²) in [6, 6.07) is 26.6. The van der Waals surface area contributed by atoms with E-state index in [4.69, 9.17) is 9.47 Å². The topological polar surface area (TPSA) is 38.7 Å². The highest BCUT2D eigenvalue weighted by Gasteiger charge is 2.53. The lowest BCUT2D eigenvalue weighted by Gasteiger charge is -2.52. The van der Waals surface area contributed by atoms with Crippen molar-refractivity contribution in [2.45, 2.75) is 68.5 Å². The zero-order valence-corrected chi connectivity index (χ0v) is 21.1. The quantitative estimate of drug-likeness (QED) is 0.416. The molecule has 1 heterocycles. The van der Waals surface area contributed by atoms with Crippen LogP contribution in [0.2, 0.25) is 0 Å². The van der Waals surface area contributed by atoms with Gasteiger partial charge < -0.3 is 14.6 Å². The van der Waals surface area contributed by atoms with Gasteiger partial charge in [-0.05, 0) is 47.6 Å². The van der Waals surface area contributed by atoms with E-state index in [-0.39, 0.29) is 16.3 Å². The molecule has 3 aromatic rings. The predicted molar refractivity (Wildman–Crippen MR) is 139 cm³/mol. The Balaban J connectivity index is 1.46. The number of thioether (sulfide) groups is 1. The Morgan fingerprint density at radius 2 is 1.71 bits per heavy atom. The number of fused-ring (bicyclic) bond motifs is 3. The van der Waals surface area contributed by atoms with Crippen LogP contribution in [0.4, 0.5) is 0 Å². The van der Waals surface area contributed by atoms with Crippen LogP contribution in [0.15, 0.2) is 78.9 Å². The Bertz CT molecular complexity index is 1110. The molecule has 1 saturated heterocycles. The van der Waals surface area contributed by atoms with Crippen molar-refractivity contribution in [3.8, 4) is 5.75 Å². The molecule has 1 fully saturated rings. The molecule has 178 valence electrons. The first-order valence-corrected chi connectivity index (χ1v) is 13.2. The van der Waals surface area contributed by atoms with Gasteiger partial charge in [-0.1, -0.05) is 93.6 Å². The van der Waals surface area contributed by atoms with Crippen LogP contribution in [0.3, 0.4) is 0 Å². The van der Waals surface area contributed by atoms with Gasteiger partial charge in [-0.3, -0.25) is 0 Å². The molecule has 1 aliphatic carbocycles. The molecule has 0 amide bonds. The zero-order chi connectivity index (χ0) is 23.8. The predicted octanol–water partition coefficient (Wildman–Crippen LogP) is 7.04. The molecule has 4 atom stereocenters. The Morgan fingerprint density at radius 3 is 2.41 bits per heavy atom. The summed E-state index contributed by atoms with van der Waals surface area (Å²) in [6.45, 7) is 7.22. The minimum atomic E-state index is -1.05. The molecule has 4 heteroatoms. The normalized spacial score (nSPS) is 25.0. The van der Waals surface area contributed by atoms with Crippen LogP contribution in [0.1, 0.15) is 62.0 Å². The van der Waals surface area contributed by atoms with Gasteiger partial charge in [0, 0.05) is 10.7 Å². The summed E-state index contributed by atoms with van der Waals surface area (Å²) < 4.78 is 13.1. The van der Waals surface area contributed by atoms with Crippen LogP contribution < -0.4 is 4.74 Å². The summed E-state index contributed by atoms with van der Waals surface area (Å²) in [5.41, 5.74) is 3.15. The molecule has 5 rings (SSSR count). The number of rotatable bonds is 6. The fourth-order valence-electron chi connectivity index (χ4n) is 5.50. The summed E-state index contributed by atoms with van der Waals surface area (Å²) in [5.74, 6) is 1.33. The van der Waals surface area contributed by atoms with Gasteiger partial charge in [-0.25, -0.2) is 0 Å². The van der Waals surface area contributed by atoms with Crippen molar-refractivity contribution in [1.82, 2.24) is 0 Å². The van der Waals surface area contributed by atoms with E-state index < -0.39 is 5.60 Å². The minimum Gasteiger partial charge on any atom is -0.489 e. The highest BCUT2D eigenvalue weighted by Crippen LogP contribution is 2.58. The molecule has 0 radical (unpaired) electrons. The first-order chi connectivity index (χ1) is 16.4. The molecule has 2 aliphatic rings. The Kier molecular flexibility index (Phi) is 6.49. The van der Waals surface area contributed by atoms with Crippen LogP contribution >= 0.6 is 11.8 Å². The van der Waals surface area contributed by atoms with Crippen molar-refractivity contribution in [1.29, 1.82) is 0 Å². The molecular formula is C30H34O3S. The lowest BCUT2D eigenvalue weighted by Crippen LogP contribution is -2.51. The van der Waals surface area contributed by atoms with E-state index in [0.29, 0.717) is 18.9 Å². The van der Waals surface area contributed by atoms with Gasteiger partial charge in [0.15, 0.2) is 0 Å². The van der Waals surface area contributed by atoms with E-state index >= 15 is 0 Å². The third kappa shape index (κ3) is 4.28. The Morgan fingerprint density at radius 1 is 1.00 bits per heavy atom. The van der Waals surface area contributed by atoms with Crippen LogP contribution in [-0.2, 0) is 23.4 Å².